The molecule has 4 atom stereocenters. The van der Waals surface area contributed by atoms with Gasteiger partial charge in [0.2, 0.25) is 0 Å². The summed E-state index contributed by atoms with van der Waals surface area (Å²) in [5.41, 5.74) is 2.55. The van der Waals surface area contributed by atoms with E-state index in [1.54, 1.807) is 6.92 Å². The molecule has 3 rings (SSSR count). The van der Waals surface area contributed by atoms with E-state index in [1.807, 2.05) is 6.21 Å². The molecule has 0 spiro atoms. The highest BCUT2D eigenvalue weighted by Gasteiger charge is 2.33. The number of aliphatic hydroxyl groups excluding tert-OH is 1. The number of rotatable bonds is 8. The van der Waals surface area contributed by atoms with Gasteiger partial charge in [0, 0.05) is 18.6 Å². The van der Waals surface area contributed by atoms with Gasteiger partial charge in [0.25, 0.3) is 0 Å². The van der Waals surface area contributed by atoms with Gasteiger partial charge >= 0.3 is 0 Å². The highest BCUT2D eigenvalue weighted by atomic mass is 16.3. The number of allylic oxidation sites excluding steroid dienone is 1. The van der Waals surface area contributed by atoms with Crippen LogP contribution in [0.25, 0.3) is 0 Å². The zero-order chi connectivity index (χ0) is 19.3. The molecule has 1 saturated carbocycles. The maximum absolute atomic E-state index is 11.8. The zero-order valence-corrected chi connectivity index (χ0v) is 16.7. The third-order valence-electron chi connectivity index (χ3n) is 6.33. The summed E-state index contributed by atoms with van der Waals surface area (Å²) in [4.78, 5) is 16.6. The molecule has 1 heterocycles. The summed E-state index contributed by atoms with van der Waals surface area (Å²) < 4.78 is 0. The molecule has 2 aliphatic rings. The number of aliphatic imine (C=N–C) groups is 1. The van der Waals surface area contributed by atoms with Gasteiger partial charge in [-0.15, -0.1) is 0 Å². The van der Waals surface area contributed by atoms with Gasteiger partial charge in [-0.25, -0.2) is 0 Å². The van der Waals surface area contributed by atoms with E-state index in [9.17, 15) is 9.90 Å². The van der Waals surface area contributed by atoms with Crippen molar-refractivity contribution >= 4 is 12.0 Å². The number of hydrogen-bond acceptors (Lipinski definition) is 3. The number of carbonyl (C=O) groups is 1. The molecule has 1 aliphatic heterocycles. The van der Waals surface area contributed by atoms with Gasteiger partial charge in [-0.2, -0.15) is 0 Å². The van der Waals surface area contributed by atoms with Crippen molar-refractivity contribution in [3.8, 4) is 0 Å². The lowest BCUT2D eigenvalue weighted by Crippen LogP contribution is -2.32. The largest absolute Gasteiger partial charge is 0.392 e. The molecule has 1 aromatic carbocycles. The first-order valence-corrected chi connectivity index (χ1v) is 10.5. The maximum Gasteiger partial charge on any atom is 0.135 e. The van der Waals surface area contributed by atoms with Crippen LogP contribution in [-0.2, 0) is 11.2 Å². The molecule has 0 amide bonds. The van der Waals surface area contributed by atoms with Gasteiger partial charge in [0.15, 0.2) is 0 Å². The van der Waals surface area contributed by atoms with Crippen molar-refractivity contribution in [2.45, 2.75) is 82.8 Å². The van der Waals surface area contributed by atoms with Crippen molar-refractivity contribution in [1.82, 2.24) is 0 Å². The lowest BCUT2D eigenvalue weighted by molar-refractivity contribution is -0.126. The Morgan fingerprint density at radius 2 is 2.00 bits per heavy atom. The Balaban J connectivity index is 1.65. The number of benzene rings is 1. The highest BCUT2D eigenvalue weighted by molar-refractivity contribution is 5.79. The summed E-state index contributed by atoms with van der Waals surface area (Å²) in [5, 5.41) is 10.1. The number of Topliss-reactive ketones (excluding diaryl/α,β-unsaturated/α-hetero) is 1. The van der Waals surface area contributed by atoms with E-state index in [0.717, 1.165) is 32.1 Å². The number of nitrogens with zero attached hydrogens (tertiary/aromatic N) is 1. The normalized spacial score (nSPS) is 30.0. The minimum atomic E-state index is -0.465. The van der Waals surface area contributed by atoms with Crippen molar-refractivity contribution in [2.24, 2.45) is 10.9 Å². The molecule has 0 radical (unpaired) electrons. The number of hydrogen-bond donors (Lipinski definition) is 1. The average molecular weight is 368 g/mol. The highest BCUT2D eigenvalue weighted by Crippen LogP contribution is 2.37. The topological polar surface area (TPSA) is 49.7 Å². The third kappa shape index (κ3) is 4.95. The first-order valence-electron chi connectivity index (χ1n) is 10.5. The molecule has 0 bridgehead atoms. The summed E-state index contributed by atoms with van der Waals surface area (Å²) in [6, 6.07) is 8.90. The van der Waals surface area contributed by atoms with Gasteiger partial charge < -0.3 is 5.11 Å². The molecule has 146 valence electrons. The fourth-order valence-corrected chi connectivity index (χ4v) is 4.63. The Morgan fingerprint density at radius 3 is 2.63 bits per heavy atom. The third-order valence-corrected chi connectivity index (χ3v) is 6.33. The number of ketones is 1. The fourth-order valence-electron chi connectivity index (χ4n) is 4.63. The van der Waals surface area contributed by atoms with Crippen LogP contribution in [0, 0.1) is 5.92 Å². The molecule has 3 nitrogen and oxygen atoms in total. The van der Waals surface area contributed by atoms with Crippen LogP contribution < -0.4 is 0 Å². The van der Waals surface area contributed by atoms with E-state index in [4.69, 9.17) is 4.99 Å². The van der Waals surface area contributed by atoms with E-state index in [-0.39, 0.29) is 17.2 Å². The van der Waals surface area contributed by atoms with Crippen LogP contribution in [0.3, 0.4) is 0 Å². The number of carbonyl (C=O) groups excluding carboxylic acids is 1. The minimum Gasteiger partial charge on any atom is -0.392 e. The second-order valence-electron chi connectivity index (χ2n) is 8.41. The summed E-state index contributed by atoms with van der Waals surface area (Å²) >= 11 is 0. The van der Waals surface area contributed by atoms with E-state index >= 15 is 0 Å². The summed E-state index contributed by atoms with van der Waals surface area (Å²) in [6.45, 7) is 3.84. The van der Waals surface area contributed by atoms with Crippen LogP contribution in [0.15, 0.2) is 41.4 Å². The van der Waals surface area contributed by atoms with Crippen LogP contribution in [-0.4, -0.2) is 28.7 Å². The van der Waals surface area contributed by atoms with Crippen LogP contribution in [0.5, 0.6) is 0 Å². The Hall–Kier alpha value is -1.74. The van der Waals surface area contributed by atoms with E-state index in [2.05, 4.69) is 43.3 Å². The Morgan fingerprint density at radius 1 is 1.22 bits per heavy atom. The second-order valence-corrected chi connectivity index (χ2v) is 8.41. The Kier molecular flexibility index (Phi) is 6.64. The second kappa shape index (κ2) is 8.97. The van der Waals surface area contributed by atoms with Gasteiger partial charge in [-0.3, -0.25) is 9.79 Å². The van der Waals surface area contributed by atoms with Gasteiger partial charge in [0.05, 0.1) is 11.6 Å². The molecule has 1 aliphatic carbocycles. The predicted molar refractivity (Wildman–Crippen MR) is 111 cm³/mol. The molecule has 1 fully saturated rings. The van der Waals surface area contributed by atoms with Crippen molar-refractivity contribution in [2.75, 3.05) is 0 Å². The molecule has 27 heavy (non-hydrogen) atoms. The molecular formula is C24H33NO2. The van der Waals surface area contributed by atoms with Crippen LogP contribution in [0.1, 0.15) is 75.8 Å². The Labute approximate surface area is 163 Å². The van der Waals surface area contributed by atoms with E-state index < -0.39 is 6.10 Å². The summed E-state index contributed by atoms with van der Waals surface area (Å²) in [7, 11) is 0. The molecular weight excluding hydrogens is 334 g/mol. The fraction of sp³-hybridized carbons (Fsp3) is 0.583. The van der Waals surface area contributed by atoms with E-state index in [0.29, 0.717) is 5.92 Å². The van der Waals surface area contributed by atoms with Crippen LogP contribution in [0.4, 0.5) is 0 Å². The lowest BCUT2D eigenvalue weighted by atomic mass is 9.75. The van der Waals surface area contributed by atoms with Crippen molar-refractivity contribution < 1.29 is 9.90 Å². The summed E-state index contributed by atoms with van der Waals surface area (Å²) in [6.07, 6.45) is 14.0. The van der Waals surface area contributed by atoms with Gasteiger partial charge in [0.1, 0.15) is 5.78 Å². The minimum absolute atomic E-state index is 0.0641. The molecule has 3 heteroatoms. The van der Waals surface area contributed by atoms with Crippen molar-refractivity contribution in [3.05, 3.63) is 47.5 Å². The smallest absolute Gasteiger partial charge is 0.135 e. The van der Waals surface area contributed by atoms with E-state index in [1.165, 1.54) is 30.4 Å². The quantitative estimate of drug-likeness (QED) is 0.656. The average Bonchev–Trinajstić information content (AvgIpc) is 3.11. The van der Waals surface area contributed by atoms with Crippen LogP contribution in [0.2, 0.25) is 0 Å². The van der Waals surface area contributed by atoms with Crippen molar-refractivity contribution in [3.63, 3.8) is 0 Å². The Bertz CT molecular complexity index is 677. The lowest BCUT2D eigenvalue weighted by Gasteiger charge is -2.32. The summed E-state index contributed by atoms with van der Waals surface area (Å²) in [5.74, 6) is 0.284. The maximum atomic E-state index is 11.8. The number of aliphatic hydroxyl groups is 1. The zero-order valence-electron chi connectivity index (χ0n) is 16.7. The molecule has 0 saturated heterocycles. The monoisotopic (exact) mass is 367 g/mol. The molecule has 0 aromatic heterocycles. The number of unbranched alkanes of at least 4 members (excludes halogenated alkanes) is 2. The van der Waals surface area contributed by atoms with Crippen molar-refractivity contribution in [1.29, 1.82) is 0 Å². The molecule has 1 N–H and O–H groups in total. The SMILES string of the molecule is CCCCCC1(Cc2ccc(C3CCC(O)C(C(C)=O)C3)cc2)C=CC=N1. The predicted octanol–water partition coefficient (Wildman–Crippen LogP) is 5.02. The first kappa shape index (κ1) is 20.0. The standard InChI is InChI=1S/C24H33NO2/c1-3-4-5-13-24(14-6-15-25-24)17-19-7-9-20(10-8-19)21-11-12-23(27)22(16-21)18(2)26/h6-10,14-15,21-23,27H,3-5,11-13,16-17H2,1-2H3. The van der Waals surface area contributed by atoms with Crippen LogP contribution >= 0.6 is 0 Å². The first-order chi connectivity index (χ1) is 13.0. The molecule has 1 aromatic rings. The van der Waals surface area contributed by atoms with Gasteiger partial charge in [-0.1, -0.05) is 56.5 Å². The van der Waals surface area contributed by atoms with Gasteiger partial charge in [-0.05, 0) is 55.7 Å². The molecule has 4 unspecified atom stereocenters.